The van der Waals surface area contributed by atoms with E-state index in [1.807, 2.05) is 0 Å². The van der Waals surface area contributed by atoms with Gasteiger partial charge in [0.25, 0.3) is 0 Å². The second-order valence-corrected chi connectivity index (χ2v) is 3.81. The molecule has 0 radical (unpaired) electrons. The van der Waals surface area contributed by atoms with Crippen molar-refractivity contribution in [3.8, 4) is 5.75 Å². The maximum absolute atomic E-state index is 11.0. The van der Waals surface area contributed by atoms with E-state index in [2.05, 4.69) is 0 Å². The van der Waals surface area contributed by atoms with Crippen molar-refractivity contribution in [3.05, 3.63) is 28.3 Å². The summed E-state index contributed by atoms with van der Waals surface area (Å²) in [6, 6.07) is 2.99. The first-order chi connectivity index (χ1) is 6.99. The molecule has 1 atom stereocenters. The fourth-order valence-electron chi connectivity index (χ4n) is 1.63. The van der Waals surface area contributed by atoms with Gasteiger partial charge in [0.1, 0.15) is 5.75 Å². The molecule has 0 aliphatic rings. The monoisotopic (exact) mass is 228 g/mol. The molecule has 0 bridgehead atoms. The second-order valence-electron chi connectivity index (χ2n) is 3.40. The number of hydrogen-bond acceptors (Lipinski definition) is 2. The quantitative estimate of drug-likeness (QED) is 0.836. The Labute approximate surface area is 93.3 Å². The van der Waals surface area contributed by atoms with Gasteiger partial charge in [-0.3, -0.25) is 4.79 Å². The van der Waals surface area contributed by atoms with Gasteiger partial charge in [0.2, 0.25) is 0 Å². The molecule has 4 heteroatoms. The van der Waals surface area contributed by atoms with Crippen LogP contribution < -0.4 is 0 Å². The maximum atomic E-state index is 11.0. The van der Waals surface area contributed by atoms with Gasteiger partial charge in [-0.25, -0.2) is 0 Å². The van der Waals surface area contributed by atoms with Gasteiger partial charge in [-0.2, -0.15) is 0 Å². The van der Waals surface area contributed by atoms with Crippen LogP contribution in [-0.2, 0) is 4.79 Å². The Bertz CT molecular complexity index is 388. The predicted molar refractivity (Wildman–Crippen MR) is 58.5 cm³/mol. The van der Waals surface area contributed by atoms with Gasteiger partial charge in [-0.05, 0) is 31.0 Å². The SMILES string of the molecule is CCC(C(=O)O)c1c(O)ccc(Cl)c1C. The molecule has 82 valence electrons. The Morgan fingerprint density at radius 3 is 2.60 bits per heavy atom. The molecule has 1 aromatic rings. The Morgan fingerprint density at radius 2 is 2.13 bits per heavy atom. The van der Waals surface area contributed by atoms with Crippen molar-refractivity contribution in [2.24, 2.45) is 0 Å². The minimum Gasteiger partial charge on any atom is -0.508 e. The number of carboxylic acids is 1. The van der Waals surface area contributed by atoms with E-state index >= 15 is 0 Å². The van der Waals surface area contributed by atoms with Gasteiger partial charge < -0.3 is 10.2 Å². The Balaban J connectivity index is 3.34. The summed E-state index contributed by atoms with van der Waals surface area (Å²) in [6.45, 7) is 3.47. The van der Waals surface area contributed by atoms with Crippen molar-refractivity contribution in [3.63, 3.8) is 0 Å². The first-order valence-corrected chi connectivity index (χ1v) is 5.07. The Hall–Kier alpha value is -1.22. The van der Waals surface area contributed by atoms with E-state index < -0.39 is 11.9 Å². The van der Waals surface area contributed by atoms with Crippen LogP contribution in [0.2, 0.25) is 5.02 Å². The van der Waals surface area contributed by atoms with E-state index in [0.717, 1.165) is 0 Å². The number of phenols is 1. The van der Waals surface area contributed by atoms with Crippen molar-refractivity contribution in [2.45, 2.75) is 26.2 Å². The van der Waals surface area contributed by atoms with Crippen molar-refractivity contribution >= 4 is 17.6 Å². The summed E-state index contributed by atoms with van der Waals surface area (Å²) in [7, 11) is 0. The number of halogens is 1. The Kier molecular flexibility index (Phi) is 3.58. The molecular weight excluding hydrogens is 216 g/mol. The average molecular weight is 229 g/mol. The summed E-state index contributed by atoms with van der Waals surface area (Å²) < 4.78 is 0. The molecular formula is C11H13ClO3. The summed E-state index contributed by atoms with van der Waals surface area (Å²) in [4.78, 5) is 11.0. The van der Waals surface area contributed by atoms with Crippen LogP contribution in [0.25, 0.3) is 0 Å². The largest absolute Gasteiger partial charge is 0.508 e. The molecule has 0 saturated heterocycles. The minimum absolute atomic E-state index is 0.00819. The zero-order valence-electron chi connectivity index (χ0n) is 8.62. The van der Waals surface area contributed by atoms with E-state index in [1.54, 1.807) is 19.9 Å². The fraction of sp³-hybridized carbons (Fsp3) is 0.364. The van der Waals surface area contributed by atoms with Crippen LogP contribution in [-0.4, -0.2) is 16.2 Å². The molecule has 2 N–H and O–H groups in total. The van der Waals surface area contributed by atoms with E-state index in [9.17, 15) is 9.90 Å². The number of rotatable bonds is 3. The third-order valence-corrected chi connectivity index (χ3v) is 2.89. The summed E-state index contributed by atoms with van der Waals surface area (Å²) in [6.07, 6.45) is 0.421. The third-order valence-electron chi connectivity index (χ3n) is 2.48. The molecule has 0 fully saturated rings. The van der Waals surface area contributed by atoms with Gasteiger partial charge in [-0.15, -0.1) is 0 Å². The molecule has 1 rings (SSSR count). The smallest absolute Gasteiger partial charge is 0.311 e. The standard InChI is InChI=1S/C11H13ClO3/c1-3-7(11(14)15)10-6(2)8(12)4-5-9(10)13/h4-5,7,13H,3H2,1-2H3,(H,14,15). The molecule has 1 aromatic carbocycles. The van der Waals surface area contributed by atoms with Gasteiger partial charge in [0.05, 0.1) is 5.92 Å². The van der Waals surface area contributed by atoms with Gasteiger partial charge in [0.15, 0.2) is 0 Å². The number of aliphatic carboxylic acids is 1. The number of benzene rings is 1. The molecule has 0 heterocycles. The Morgan fingerprint density at radius 1 is 1.53 bits per heavy atom. The molecule has 0 spiro atoms. The molecule has 0 aliphatic carbocycles. The normalized spacial score (nSPS) is 12.5. The van der Waals surface area contributed by atoms with Crippen LogP contribution in [0, 0.1) is 6.92 Å². The van der Waals surface area contributed by atoms with Crippen LogP contribution in [0.4, 0.5) is 0 Å². The number of carboxylic acid groups (broad SMARTS) is 1. The number of hydrogen-bond donors (Lipinski definition) is 2. The van der Waals surface area contributed by atoms with E-state index in [4.69, 9.17) is 16.7 Å². The van der Waals surface area contributed by atoms with Crippen LogP contribution in [0.15, 0.2) is 12.1 Å². The lowest BCUT2D eigenvalue weighted by Crippen LogP contribution is -2.12. The lowest BCUT2D eigenvalue weighted by Gasteiger charge is -2.15. The van der Waals surface area contributed by atoms with Crippen molar-refractivity contribution < 1.29 is 15.0 Å². The van der Waals surface area contributed by atoms with E-state index in [-0.39, 0.29) is 5.75 Å². The molecule has 1 unspecified atom stereocenters. The van der Waals surface area contributed by atoms with Crippen LogP contribution >= 0.6 is 11.6 Å². The van der Waals surface area contributed by atoms with Gasteiger partial charge in [-0.1, -0.05) is 18.5 Å². The fourth-order valence-corrected chi connectivity index (χ4v) is 1.79. The summed E-state index contributed by atoms with van der Waals surface area (Å²) in [5, 5.41) is 19.1. The van der Waals surface area contributed by atoms with Crippen LogP contribution in [0.1, 0.15) is 30.4 Å². The van der Waals surface area contributed by atoms with Crippen LogP contribution in [0.5, 0.6) is 5.75 Å². The highest BCUT2D eigenvalue weighted by molar-refractivity contribution is 6.31. The van der Waals surface area contributed by atoms with Crippen molar-refractivity contribution in [1.29, 1.82) is 0 Å². The summed E-state index contributed by atoms with van der Waals surface area (Å²) in [5.41, 5.74) is 1.04. The van der Waals surface area contributed by atoms with Crippen molar-refractivity contribution in [2.75, 3.05) is 0 Å². The highest BCUT2D eigenvalue weighted by Crippen LogP contribution is 2.34. The first kappa shape index (κ1) is 11.9. The average Bonchev–Trinajstić information content (AvgIpc) is 2.18. The lowest BCUT2D eigenvalue weighted by molar-refractivity contribution is -0.138. The topological polar surface area (TPSA) is 57.5 Å². The lowest BCUT2D eigenvalue weighted by atomic mass is 9.92. The molecule has 15 heavy (non-hydrogen) atoms. The van der Waals surface area contributed by atoms with E-state index in [0.29, 0.717) is 22.6 Å². The van der Waals surface area contributed by atoms with Gasteiger partial charge >= 0.3 is 5.97 Å². The molecule has 3 nitrogen and oxygen atoms in total. The van der Waals surface area contributed by atoms with Crippen LogP contribution in [0.3, 0.4) is 0 Å². The minimum atomic E-state index is -0.946. The summed E-state index contributed by atoms with van der Waals surface area (Å²) in [5.74, 6) is -1.66. The van der Waals surface area contributed by atoms with Crippen molar-refractivity contribution in [1.82, 2.24) is 0 Å². The molecule has 0 aromatic heterocycles. The zero-order valence-corrected chi connectivity index (χ0v) is 9.38. The number of phenolic OH excluding ortho intramolecular Hbond substituents is 1. The zero-order chi connectivity index (χ0) is 11.6. The highest BCUT2D eigenvalue weighted by Gasteiger charge is 2.23. The second kappa shape index (κ2) is 4.53. The highest BCUT2D eigenvalue weighted by atomic mass is 35.5. The van der Waals surface area contributed by atoms with Gasteiger partial charge in [0, 0.05) is 10.6 Å². The molecule has 0 saturated carbocycles. The summed E-state index contributed by atoms with van der Waals surface area (Å²) >= 11 is 5.89. The molecule has 0 amide bonds. The number of aromatic hydroxyl groups is 1. The third kappa shape index (κ3) is 2.23. The first-order valence-electron chi connectivity index (χ1n) is 4.69. The maximum Gasteiger partial charge on any atom is 0.311 e. The predicted octanol–water partition coefficient (Wildman–Crippen LogP) is 2.93. The van der Waals surface area contributed by atoms with E-state index in [1.165, 1.54) is 6.07 Å². The number of carbonyl (C=O) groups is 1. The molecule has 0 aliphatic heterocycles.